The van der Waals surface area contributed by atoms with E-state index in [1.54, 1.807) is 11.3 Å². The fourth-order valence-electron chi connectivity index (χ4n) is 1.34. The zero-order valence-corrected chi connectivity index (χ0v) is 9.66. The van der Waals surface area contributed by atoms with E-state index in [9.17, 15) is 4.79 Å². The molecule has 3 heteroatoms. The molecule has 1 saturated carbocycles. The standard InChI is InChI=1S/C10H11BrOS/c11-10-6-4-8(13-10)3-5-9(12)7-1-2-7/h4,6-7H,1-3,5H2. The average Bonchev–Trinajstić information content (AvgIpc) is 2.87. The first-order valence-electron chi connectivity index (χ1n) is 4.52. The molecule has 1 aliphatic rings. The van der Waals surface area contributed by atoms with Gasteiger partial charge in [-0.1, -0.05) is 0 Å². The highest BCUT2D eigenvalue weighted by Crippen LogP contribution is 2.32. The number of halogens is 1. The van der Waals surface area contributed by atoms with E-state index in [0.29, 0.717) is 11.7 Å². The molecule has 1 aliphatic carbocycles. The van der Waals surface area contributed by atoms with Crippen LogP contribution in [0.4, 0.5) is 0 Å². The van der Waals surface area contributed by atoms with Gasteiger partial charge in [0.25, 0.3) is 0 Å². The smallest absolute Gasteiger partial charge is 0.136 e. The minimum absolute atomic E-state index is 0.420. The summed E-state index contributed by atoms with van der Waals surface area (Å²) >= 11 is 5.14. The lowest BCUT2D eigenvalue weighted by atomic mass is 10.1. The predicted octanol–water partition coefficient (Wildman–Crippen LogP) is 3.42. The van der Waals surface area contributed by atoms with E-state index in [1.165, 1.54) is 4.88 Å². The molecule has 0 aliphatic heterocycles. The van der Waals surface area contributed by atoms with Crippen LogP contribution in [0.1, 0.15) is 24.1 Å². The van der Waals surface area contributed by atoms with Crippen LogP contribution in [0.5, 0.6) is 0 Å². The number of carbonyl (C=O) groups excluding carboxylic acids is 1. The second-order valence-electron chi connectivity index (χ2n) is 3.45. The summed E-state index contributed by atoms with van der Waals surface area (Å²) in [7, 11) is 0. The van der Waals surface area contributed by atoms with E-state index >= 15 is 0 Å². The largest absolute Gasteiger partial charge is 0.299 e. The van der Waals surface area contributed by atoms with Gasteiger partial charge in [-0.15, -0.1) is 11.3 Å². The lowest BCUT2D eigenvalue weighted by Crippen LogP contribution is -2.00. The van der Waals surface area contributed by atoms with Crippen molar-refractivity contribution >= 4 is 33.0 Å². The summed E-state index contributed by atoms with van der Waals surface area (Å²) < 4.78 is 1.15. The Balaban J connectivity index is 1.81. The SMILES string of the molecule is O=C(CCc1ccc(Br)s1)C1CC1. The fraction of sp³-hybridized carbons (Fsp3) is 0.500. The maximum atomic E-state index is 11.4. The van der Waals surface area contributed by atoms with E-state index in [-0.39, 0.29) is 0 Å². The number of thiophene rings is 1. The van der Waals surface area contributed by atoms with Gasteiger partial charge in [-0.2, -0.15) is 0 Å². The summed E-state index contributed by atoms with van der Waals surface area (Å²) in [6.45, 7) is 0. The highest BCUT2D eigenvalue weighted by Gasteiger charge is 2.28. The van der Waals surface area contributed by atoms with E-state index in [1.807, 2.05) is 6.07 Å². The van der Waals surface area contributed by atoms with Crippen molar-refractivity contribution in [3.8, 4) is 0 Å². The molecule has 1 heterocycles. The molecule has 70 valence electrons. The van der Waals surface area contributed by atoms with Gasteiger partial charge < -0.3 is 0 Å². The van der Waals surface area contributed by atoms with E-state index in [2.05, 4.69) is 22.0 Å². The summed E-state index contributed by atoms with van der Waals surface area (Å²) in [5, 5.41) is 0. The van der Waals surface area contributed by atoms with Crippen molar-refractivity contribution in [3.63, 3.8) is 0 Å². The summed E-state index contributed by atoms with van der Waals surface area (Å²) in [5.74, 6) is 0.882. The zero-order chi connectivity index (χ0) is 9.26. The van der Waals surface area contributed by atoms with Crippen LogP contribution in [-0.2, 0) is 11.2 Å². The molecule has 0 radical (unpaired) electrons. The van der Waals surface area contributed by atoms with Crippen molar-refractivity contribution < 1.29 is 4.79 Å². The molecule has 0 N–H and O–H groups in total. The van der Waals surface area contributed by atoms with Gasteiger partial charge in [-0.05, 0) is 47.3 Å². The van der Waals surface area contributed by atoms with Gasteiger partial charge in [0.1, 0.15) is 5.78 Å². The third-order valence-electron chi connectivity index (χ3n) is 2.28. The molecule has 0 amide bonds. The minimum Gasteiger partial charge on any atom is -0.299 e. The first kappa shape index (κ1) is 9.41. The summed E-state index contributed by atoms with van der Waals surface area (Å²) in [6.07, 6.45) is 3.92. The number of hydrogen-bond acceptors (Lipinski definition) is 2. The molecule has 13 heavy (non-hydrogen) atoms. The van der Waals surface area contributed by atoms with Gasteiger partial charge in [-0.25, -0.2) is 0 Å². The van der Waals surface area contributed by atoms with E-state index in [0.717, 1.165) is 29.5 Å². The van der Waals surface area contributed by atoms with Crippen LogP contribution in [0.25, 0.3) is 0 Å². The number of ketones is 1. The number of rotatable bonds is 4. The zero-order valence-electron chi connectivity index (χ0n) is 7.25. The molecule has 0 saturated heterocycles. The summed E-state index contributed by atoms with van der Waals surface area (Å²) in [6, 6.07) is 4.14. The van der Waals surface area contributed by atoms with Gasteiger partial charge >= 0.3 is 0 Å². The molecular weight excluding hydrogens is 248 g/mol. The Bertz CT molecular complexity index is 314. The Hall–Kier alpha value is -0.150. The topological polar surface area (TPSA) is 17.1 Å². The van der Waals surface area contributed by atoms with Crippen LogP contribution in [0.2, 0.25) is 0 Å². The maximum Gasteiger partial charge on any atom is 0.136 e. The van der Waals surface area contributed by atoms with Crippen LogP contribution in [0.3, 0.4) is 0 Å². The lowest BCUT2D eigenvalue weighted by molar-refractivity contribution is -0.120. The van der Waals surface area contributed by atoms with Gasteiger partial charge in [0.15, 0.2) is 0 Å². The number of hydrogen-bond donors (Lipinski definition) is 0. The minimum atomic E-state index is 0.420. The van der Waals surface area contributed by atoms with Crippen molar-refractivity contribution in [2.24, 2.45) is 5.92 Å². The van der Waals surface area contributed by atoms with Crippen LogP contribution < -0.4 is 0 Å². The molecular formula is C10H11BrOS. The molecule has 2 rings (SSSR count). The third-order valence-corrected chi connectivity index (χ3v) is 3.96. The summed E-state index contributed by atoms with van der Waals surface area (Å²) in [5.41, 5.74) is 0. The highest BCUT2D eigenvalue weighted by atomic mass is 79.9. The van der Waals surface area contributed by atoms with E-state index in [4.69, 9.17) is 0 Å². The van der Waals surface area contributed by atoms with Crippen LogP contribution >= 0.6 is 27.3 Å². The summed E-state index contributed by atoms with van der Waals surface area (Å²) in [4.78, 5) is 12.7. The van der Waals surface area contributed by atoms with Crippen LogP contribution in [0.15, 0.2) is 15.9 Å². The quantitative estimate of drug-likeness (QED) is 0.809. The van der Waals surface area contributed by atoms with Crippen molar-refractivity contribution in [1.29, 1.82) is 0 Å². The van der Waals surface area contributed by atoms with Gasteiger partial charge in [-0.3, -0.25) is 4.79 Å². The molecule has 1 aromatic heterocycles. The Labute approximate surface area is 90.3 Å². The Morgan fingerprint density at radius 1 is 1.54 bits per heavy atom. The molecule has 1 nitrogen and oxygen atoms in total. The molecule has 1 aromatic rings. The first-order chi connectivity index (χ1) is 6.25. The van der Waals surface area contributed by atoms with Gasteiger partial charge in [0.05, 0.1) is 3.79 Å². The van der Waals surface area contributed by atoms with Crippen molar-refractivity contribution in [1.82, 2.24) is 0 Å². The second-order valence-corrected chi connectivity index (χ2v) is 5.99. The van der Waals surface area contributed by atoms with Gasteiger partial charge in [0.2, 0.25) is 0 Å². The fourth-order valence-corrected chi connectivity index (χ4v) is 2.82. The molecule has 0 aromatic carbocycles. The van der Waals surface area contributed by atoms with E-state index < -0.39 is 0 Å². The Morgan fingerprint density at radius 3 is 2.85 bits per heavy atom. The molecule has 1 fully saturated rings. The average molecular weight is 259 g/mol. The Morgan fingerprint density at radius 2 is 2.31 bits per heavy atom. The molecule has 0 bridgehead atoms. The maximum absolute atomic E-state index is 11.4. The van der Waals surface area contributed by atoms with Crippen molar-refractivity contribution in [2.75, 3.05) is 0 Å². The normalized spacial score (nSPS) is 16.1. The first-order valence-corrected chi connectivity index (χ1v) is 6.13. The van der Waals surface area contributed by atoms with Crippen molar-refractivity contribution in [3.05, 3.63) is 20.8 Å². The molecule has 0 spiro atoms. The van der Waals surface area contributed by atoms with Crippen molar-refractivity contribution in [2.45, 2.75) is 25.7 Å². The monoisotopic (exact) mass is 258 g/mol. The Kier molecular flexibility index (Phi) is 2.84. The van der Waals surface area contributed by atoms with Crippen LogP contribution in [0, 0.1) is 5.92 Å². The van der Waals surface area contributed by atoms with Gasteiger partial charge in [0, 0.05) is 17.2 Å². The third kappa shape index (κ3) is 2.64. The number of Topliss-reactive ketones (excluding diaryl/α,β-unsaturated/α-hetero) is 1. The van der Waals surface area contributed by atoms with Crippen LogP contribution in [-0.4, -0.2) is 5.78 Å². The number of carbonyl (C=O) groups is 1. The number of aryl methyl sites for hydroxylation is 1. The highest BCUT2D eigenvalue weighted by molar-refractivity contribution is 9.11. The predicted molar refractivity (Wildman–Crippen MR) is 58.1 cm³/mol. The lowest BCUT2D eigenvalue weighted by Gasteiger charge is -1.95. The second kappa shape index (κ2) is 3.93. The molecule has 0 unspecified atom stereocenters. The molecule has 0 atom stereocenters.